The minimum Gasteiger partial charge on any atom is -0.393 e. The molecular formula is C14H16F3NO2. The molecular weight excluding hydrogens is 271 g/mol. The highest BCUT2D eigenvalue weighted by Gasteiger charge is 2.30. The van der Waals surface area contributed by atoms with E-state index < -0.39 is 11.7 Å². The van der Waals surface area contributed by atoms with Crippen LogP contribution in [0.2, 0.25) is 0 Å². The van der Waals surface area contributed by atoms with Gasteiger partial charge in [-0.25, -0.2) is 0 Å². The first kappa shape index (κ1) is 14.8. The lowest BCUT2D eigenvalue weighted by atomic mass is 9.82. The van der Waals surface area contributed by atoms with Crippen molar-refractivity contribution in [2.45, 2.75) is 31.5 Å². The van der Waals surface area contributed by atoms with Crippen LogP contribution in [0.5, 0.6) is 0 Å². The Kier molecular flexibility index (Phi) is 4.32. The molecule has 1 saturated carbocycles. The van der Waals surface area contributed by atoms with E-state index in [4.69, 9.17) is 5.11 Å². The average molecular weight is 287 g/mol. The molecule has 1 amide bonds. The van der Waals surface area contributed by atoms with Crippen LogP contribution in [0, 0.1) is 5.92 Å². The molecule has 0 saturated heterocycles. The number of benzene rings is 1. The van der Waals surface area contributed by atoms with Gasteiger partial charge in [0.15, 0.2) is 0 Å². The maximum Gasteiger partial charge on any atom is 0.416 e. The number of hydrogen-bond acceptors (Lipinski definition) is 2. The highest BCUT2D eigenvalue weighted by atomic mass is 19.4. The van der Waals surface area contributed by atoms with E-state index in [1.165, 1.54) is 12.1 Å². The van der Waals surface area contributed by atoms with E-state index in [2.05, 4.69) is 5.32 Å². The van der Waals surface area contributed by atoms with Crippen molar-refractivity contribution in [2.75, 3.05) is 6.54 Å². The predicted molar refractivity (Wildman–Crippen MR) is 66.9 cm³/mol. The van der Waals surface area contributed by atoms with Crippen molar-refractivity contribution in [3.63, 3.8) is 0 Å². The lowest BCUT2D eigenvalue weighted by Gasteiger charge is -2.31. The monoisotopic (exact) mass is 287 g/mol. The fourth-order valence-electron chi connectivity index (χ4n) is 2.23. The maximum atomic E-state index is 12.5. The van der Waals surface area contributed by atoms with Crippen LogP contribution < -0.4 is 5.32 Å². The van der Waals surface area contributed by atoms with Crippen LogP contribution in [0.3, 0.4) is 0 Å². The van der Waals surface area contributed by atoms with Crippen molar-refractivity contribution < 1.29 is 23.1 Å². The van der Waals surface area contributed by atoms with Gasteiger partial charge in [-0.1, -0.05) is 18.2 Å². The first-order valence-electron chi connectivity index (χ1n) is 6.45. The second kappa shape index (κ2) is 5.83. The van der Waals surface area contributed by atoms with Crippen LogP contribution in [0.4, 0.5) is 13.2 Å². The van der Waals surface area contributed by atoms with Crippen LogP contribution in [-0.2, 0) is 17.4 Å². The SMILES string of the molecule is O=C(Cc1cccc(C(F)(F)F)c1)NCC1CC(O)C1. The molecule has 1 aromatic rings. The average Bonchev–Trinajstić information content (AvgIpc) is 2.32. The van der Waals surface area contributed by atoms with Crippen molar-refractivity contribution in [3.05, 3.63) is 35.4 Å². The zero-order chi connectivity index (χ0) is 14.8. The quantitative estimate of drug-likeness (QED) is 0.891. The lowest BCUT2D eigenvalue weighted by Crippen LogP contribution is -2.38. The van der Waals surface area contributed by atoms with Gasteiger partial charge in [-0.2, -0.15) is 13.2 Å². The van der Waals surface area contributed by atoms with Gasteiger partial charge in [0, 0.05) is 6.54 Å². The number of amides is 1. The van der Waals surface area contributed by atoms with Gasteiger partial charge in [0.05, 0.1) is 18.1 Å². The first-order chi connectivity index (χ1) is 9.34. The van der Waals surface area contributed by atoms with Gasteiger partial charge in [-0.3, -0.25) is 4.79 Å². The van der Waals surface area contributed by atoms with Gasteiger partial charge in [-0.05, 0) is 30.4 Å². The minimum atomic E-state index is -4.39. The Morgan fingerprint density at radius 1 is 1.35 bits per heavy atom. The van der Waals surface area contributed by atoms with E-state index in [1.807, 2.05) is 0 Å². The summed E-state index contributed by atoms with van der Waals surface area (Å²) in [4.78, 5) is 11.6. The summed E-state index contributed by atoms with van der Waals surface area (Å²) in [6.07, 6.45) is -3.40. The Hall–Kier alpha value is -1.56. The van der Waals surface area contributed by atoms with E-state index in [-0.39, 0.29) is 24.3 Å². The number of alkyl halides is 3. The van der Waals surface area contributed by atoms with Crippen LogP contribution >= 0.6 is 0 Å². The van der Waals surface area contributed by atoms with E-state index >= 15 is 0 Å². The third-order valence-corrected chi connectivity index (χ3v) is 3.42. The Labute approximate surface area is 114 Å². The smallest absolute Gasteiger partial charge is 0.393 e. The van der Waals surface area contributed by atoms with Crippen LogP contribution in [0.25, 0.3) is 0 Å². The van der Waals surface area contributed by atoms with E-state index in [1.54, 1.807) is 0 Å². The molecule has 1 fully saturated rings. The topological polar surface area (TPSA) is 49.3 Å². The minimum absolute atomic E-state index is 0.0702. The Morgan fingerprint density at radius 3 is 2.65 bits per heavy atom. The van der Waals surface area contributed by atoms with Crippen molar-refractivity contribution in [2.24, 2.45) is 5.92 Å². The second-order valence-corrected chi connectivity index (χ2v) is 5.17. The zero-order valence-corrected chi connectivity index (χ0v) is 10.8. The number of carbonyl (C=O) groups is 1. The molecule has 0 aliphatic heterocycles. The molecule has 1 aliphatic carbocycles. The van der Waals surface area contributed by atoms with Gasteiger partial charge >= 0.3 is 6.18 Å². The van der Waals surface area contributed by atoms with E-state index in [0.29, 0.717) is 24.9 Å². The standard InChI is InChI=1S/C14H16F3NO2/c15-14(16,17)11-3-1-2-9(4-11)7-13(20)18-8-10-5-12(19)6-10/h1-4,10,12,19H,5-8H2,(H,18,20). The molecule has 20 heavy (non-hydrogen) atoms. The summed E-state index contributed by atoms with van der Waals surface area (Å²) in [6.45, 7) is 0.467. The second-order valence-electron chi connectivity index (χ2n) is 5.17. The molecule has 1 aromatic carbocycles. The number of aliphatic hydroxyl groups excluding tert-OH is 1. The van der Waals surface area contributed by atoms with E-state index in [9.17, 15) is 18.0 Å². The Bertz CT molecular complexity index is 482. The van der Waals surface area contributed by atoms with Crippen LogP contribution in [0.15, 0.2) is 24.3 Å². The third-order valence-electron chi connectivity index (χ3n) is 3.42. The largest absolute Gasteiger partial charge is 0.416 e. The third kappa shape index (κ3) is 3.96. The molecule has 0 spiro atoms. The zero-order valence-electron chi connectivity index (χ0n) is 10.8. The Morgan fingerprint density at radius 2 is 2.05 bits per heavy atom. The molecule has 0 unspecified atom stereocenters. The fraction of sp³-hybridized carbons (Fsp3) is 0.500. The van der Waals surface area contributed by atoms with Crippen molar-refractivity contribution >= 4 is 5.91 Å². The van der Waals surface area contributed by atoms with Gasteiger partial charge in [0.1, 0.15) is 0 Å². The Balaban J connectivity index is 1.84. The molecule has 3 nitrogen and oxygen atoms in total. The summed E-state index contributed by atoms with van der Waals surface area (Å²) in [7, 11) is 0. The lowest BCUT2D eigenvalue weighted by molar-refractivity contribution is -0.137. The predicted octanol–water partition coefficient (Wildman–Crippen LogP) is 2.13. The van der Waals surface area contributed by atoms with Crippen molar-refractivity contribution in [1.29, 1.82) is 0 Å². The molecule has 0 atom stereocenters. The number of nitrogens with one attached hydrogen (secondary N) is 1. The van der Waals surface area contributed by atoms with Gasteiger partial charge < -0.3 is 10.4 Å². The van der Waals surface area contributed by atoms with Crippen molar-refractivity contribution in [1.82, 2.24) is 5.32 Å². The van der Waals surface area contributed by atoms with E-state index in [0.717, 1.165) is 12.1 Å². The molecule has 0 radical (unpaired) electrons. The molecule has 2 rings (SSSR count). The molecule has 110 valence electrons. The molecule has 1 aliphatic rings. The molecule has 0 heterocycles. The maximum absolute atomic E-state index is 12.5. The van der Waals surface area contributed by atoms with Gasteiger partial charge in [0.25, 0.3) is 0 Å². The van der Waals surface area contributed by atoms with Gasteiger partial charge in [-0.15, -0.1) is 0 Å². The van der Waals surface area contributed by atoms with Gasteiger partial charge in [0.2, 0.25) is 5.91 Å². The normalized spacial score (nSPS) is 22.2. The summed E-state index contributed by atoms with van der Waals surface area (Å²) < 4.78 is 37.6. The summed E-state index contributed by atoms with van der Waals surface area (Å²) in [5.41, 5.74) is -0.407. The summed E-state index contributed by atoms with van der Waals surface area (Å²) >= 11 is 0. The van der Waals surface area contributed by atoms with Crippen LogP contribution in [-0.4, -0.2) is 23.7 Å². The number of halogens is 3. The highest BCUT2D eigenvalue weighted by Crippen LogP contribution is 2.29. The molecule has 0 aromatic heterocycles. The number of rotatable bonds is 4. The highest BCUT2D eigenvalue weighted by molar-refractivity contribution is 5.78. The number of carbonyl (C=O) groups excluding carboxylic acids is 1. The molecule has 0 bridgehead atoms. The fourth-order valence-corrected chi connectivity index (χ4v) is 2.23. The molecule has 2 N–H and O–H groups in total. The summed E-state index contributed by atoms with van der Waals surface area (Å²) in [6, 6.07) is 4.78. The first-order valence-corrected chi connectivity index (χ1v) is 6.45. The molecule has 6 heteroatoms. The summed E-state index contributed by atoms with van der Waals surface area (Å²) in [5.74, 6) is -0.0267. The summed E-state index contributed by atoms with van der Waals surface area (Å²) in [5, 5.41) is 11.8. The number of aliphatic hydroxyl groups is 1. The number of hydrogen-bond donors (Lipinski definition) is 2. The van der Waals surface area contributed by atoms with Crippen molar-refractivity contribution in [3.8, 4) is 0 Å². The van der Waals surface area contributed by atoms with Crippen LogP contribution in [0.1, 0.15) is 24.0 Å².